The third kappa shape index (κ3) is 4.24. The highest BCUT2D eigenvalue weighted by molar-refractivity contribution is 6.30. The molecule has 1 aromatic heterocycles. The standard InChI is InChI=1S/C16H19ClN4O2/c17-11-2-5-13(6-3-11)23-14-9-20-16(18)21-15(14)19-8-10-1-4-12(22)7-10/h2-3,5-6,9-10,12,22H,1,4,7-8H2,(H3,18,19,20,21). The zero-order chi connectivity index (χ0) is 16.2. The predicted molar refractivity (Wildman–Crippen MR) is 89.8 cm³/mol. The molecule has 1 heterocycles. The van der Waals surface area contributed by atoms with Crippen LogP contribution in [0.1, 0.15) is 19.3 Å². The molecule has 0 bridgehead atoms. The average molecular weight is 335 g/mol. The number of benzene rings is 1. The number of aromatic nitrogens is 2. The molecule has 1 aliphatic carbocycles. The van der Waals surface area contributed by atoms with Crippen molar-refractivity contribution >= 4 is 23.4 Å². The number of ether oxygens (including phenoxy) is 1. The van der Waals surface area contributed by atoms with E-state index in [-0.39, 0.29) is 12.1 Å². The van der Waals surface area contributed by atoms with Crippen molar-refractivity contribution in [1.82, 2.24) is 9.97 Å². The molecule has 0 spiro atoms. The lowest BCUT2D eigenvalue weighted by Gasteiger charge is -2.15. The second kappa shape index (κ2) is 7.02. The van der Waals surface area contributed by atoms with Gasteiger partial charge in [0.1, 0.15) is 5.75 Å². The monoisotopic (exact) mass is 334 g/mol. The number of halogens is 1. The van der Waals surface area contributed by atoms with Gasteiger partial charge < -0.3 is 20.9 Å². The van der Waals surface area contributed by atoms with Crippen molar-refractivity contribution in [2.45, 2.75) is 25.4 Å². The Morgan fingerprint density at radius 3 is 2.78 bits per heavy atom. The summed E-state index contributed by atoms with van der Waals surface area (Å²) in [5.74, 6) is 2.29. The Bertz CT molecular complexity index is 666. The van der Waals surface area contributed by atoms with E-state index >= 15 is 0 Å². The minimum absolute atomic E-state index is 0.183. The Morgan fingerprint density at radius 2 is 2.09 bits per heavy atom. The van der Waals surface area contributed by atoms with E-state index in [0.29, 0.717) is 34.8 Å². The van der Waals surface area contributed by atoms with Crippen molar-refractivity contribution in [1.29, 1.82) is 0 Å². The van der Waals surface area contributed by atoms with Crippen LogP contribution in [0.15, 0.2) is 30.5 Å². The molecule has 2 unspecified atom stereocenters. The van der Waals surface area contributed by atoms with Gasteiger partial charge in [-0.05, 0) is 49.4 Å². The number of rotatable bonds is 5. The smallest absolute Gasteiger partial charge is 0.222 e. The highest BCUT2D eigenvalue weighted by atomic mass is 35.5. The van der Waals surface area contributed by atoms with Gasteiger partial charge in [0.15, 0.2) is 11.6 Å². The molecule has 3 rings (SSSR count). The summed E-state index contributed by atoms with van der Waals surface area (Å²) in [5.41, 5.74) is 5.67. The Kier molecular flexibility index (Phi) is 4.83. The van der Waals surface area contributed by atoms with Crippen LogP contribution in [0.5, 0.6) is 11.5 Å². The Balaban J connectivity index is 1.70. The Morgan fingerprint density at radius 1 is 1.30 bits per heavy atom. The minimum Gasteiger partial charge on any atom is -0.452 e. The fourth-order valence-electron chi connectivity index (χ4n) is 2.69. The maximum Gasteiger partial charge on any atom is 0.222 e. The van der Waals surface area contributed by atoms with Crippen LogP contribution in [0, 0.1) is 5.92 Å². The Labute approximate surface area is 139 Å². The number of nitrogens with two attached hydrogens (primary N) is 1. The molecule has 7 heteroatoms. The maximum absolute atomic E-state index is 9.60. The van der Waals surface area contributed by atoms with Crippen LogP contribution < -0.4 is 15.8 Å². The van der Waals surface area contributed by atoms with Gasteiger partial charge in [-0.2, -0.15) is 4.98 Å². The van der Waals surface area contributed by atoms with Gasteiger partial charge in [-0.15, -0.1) is 0 Å². The highest BCUT2D eigenvalue weighted by Gasteiger charge is 2.23. The van der Waals surface area contributed by atoms with Gasteiger partial charge in [-0.25, -0.2) is 4.98 Å². The summed E-state index contributed by atoms with van der Waals surface area (Å²) in [5, 5.41) is 13.5. The van der Waals surface area contributed by atoms with Gasteiger partial charge in [0.2, 0.25) is 5.95 Å². The Hall–Kier alpha value is -2.05. The van der Waals surface area contributed by atoms with Crippen molar-refractivity contribution in [3.63, 3.8) is 0 Å². The second-order valence-corrected chi connectivity index (χ2v) is 6.15. The molecule has 1 fully saturated rings. The molecule has 23 heavy (non-hydrogen) atoms. The molecule has 0 radical (unpaired) electrons. The number of aliphatic hydroxyl groups excluding tert-OH is 1. The van der Waals surface area contributed by atoms with E-state index in [1.807, 2.05) is 0 Å². The number of nitrogen functional groups attached to an aromatic ring is 1. The molecule has 1 saturated carbocycles. The van der Waals surface area contributed by atoms with Gasteiger partial charge in [-0.1, -0.05) is 11.6 Å². The van der Waals surface area contributed by atoms with E-state index in [1.165, 1.54) is 0 Å². The SMILES string of the molecule is Nc1ncc(Oc2ccc(Cl)cc2)c(NCC2CCC(O)C2)n1. The first kappa shape index (κ1) is 15.8. The average Bonchev–Trinajstić information content (AvgIpc) is 2.95. The zero-order valence-electron chi connectivity index (χ0n) is 12.6. The van der Waals surface area contributed by atoms with E-state index in [2.05, 4.69) is 15.3 Å². The van der Waals surface area contributed by atoms with Gasteiger partial charge in [0.25, 0.3) is 0 Å². The van der Waals surface area contributed by atoms with Gasteiger partial charge >= 0.3 is 0 Å². The van der Waals surface area contributed by atoms with Crippen LogP contribution in [0.3, 0.4) is 0 Å². The number of aliphatic hydroxyl groups is 1. The summed E-state index contributed by atoms with van der Waals surface area (Å²) >= 11 is 5.87. The van der Waals surface area contributed by atoms with Gasteiger partial charge in [0, 0.05) is 11.6 Å². The van der Waals surface area contributed by atoms with E-state index in [9.17, 15) is 5.11 Å². The lowest BCUT2D eigenvalue weighted by atomic mass is 10.1. The molecule has 4 N–H and O–H groups in total. The number of anilines is 2. The van der Waals surface area contributed by atoms with Crippen molar-refractivity contribution in [2.75, 3.05) is 17.6 Å². The van der Waals surface area contributed by atoms with E-state index in [0.717, 1.165) is 19.3 Å². The predicted octanol–water partition coefficient (Wildman–Crippen LogP) is 3.08. The fraction of sp³-hybridized carbons (Fsp3) is 0.375. The van der Waals surface area contributed by atoms with Crippen molar-refractivity contribution in [2.24, 2.45) is 5.92 Å². The molecule has 2 atom stereocenters. The normalized spacial score (nSPS) is 20.4. The molecule has 1 aliphatic rings. The minimum atomic E-state index is -0.193. The number of nitrogens with one attached hydrogen (secondary N) is 1. The quantitative estimate of drug-likeness (QED) is 0.778. The lowest BCUT2D eigenvalue weighted by molar-refractivity contribution is 0.178. The molecule has 2 aromatic rings. The summed E-state index contributed by atoms with van der Waals surface area (Å²) < 4.78 is 5.80. The molecule has 1 aromatic carbocycles. The van der Waals surface area contributed by atoms with Gasteiger partial charge in [0.05, 0.1) is 12.3 Å². The first-order valence-electron chi connectivity index (χ1n) is 7.58. The van der Waals surface area contributed by atoms with Crippen LogP contribution in [0.25, 0.3) is 0 Å². The van der Waals surface area contributed by atoms with Gasteiger partial charge in [-0.3, -0.25) is 0 Å². The molecule has 0 aliphatic heterocycles. The largest absolute Gasteiger partial charge is 0.452 e. The van der Waals surface area contributed by atoms with Crippen LogP contribution in [-0.4, -0.2) is 27.7 Å². The van der Waals surface area contributed by atoms with E-state index in [1.54, 1.807) is 30.5 Å². The third-order valence-corrected chi connectivity index (χ3v) is 4.14. The van der Waals surface area contributed by atoms with Crippen LogP contribution in [-0.2, 0) is 0 Å². The third-order valence-electron chi connectivity index (χ3n) is 3.89. The molecular weight excluding hydrogens is 316 g/mol. The molecular formula is C16H19ClN4O2. The summed E-state index contributed by atoms with van der Waals surface area (Å²) in [6.45, 7) is 0.713. The summed E-state index contributed by atoms with van der Waals surface area (Å²) in [6, 6.07) is 7.05. The molecule has 6 nitrogen and oxygen atoms in total. The van der Waals surface area contributed by atoms with Crippen molar-refractivity contribution < 1.29 is 9.84 Å². The second-order valence-electron chi connectivity index (χ2n) is 5.71. The first-order valence-corrected chi connectivity index (χ1v) is 7.96. The summed E-state index contributed by atoms with van der Waals surface area (Å²) in [4.78, 5) is 8.19. The van der Waals surface area contributed by atoms with Crippen molar-refractivity contribution in [3.8, 4) is 11.5 Å². The van der Waals surface area contributed by atoms with Crippen LogP contribution in [0.4, 0.5) is 11.8 Å². The lowest BCUT2D eigenvalue weighted by Crippen LogP contribution is -2.14. The van der Waals surface area contributed by atoms with E-state index < -0.39 is 0 Å². The summed E-state index contributed by atoms with van der Waals surface area (Å²) in [7, 11) is 0. The number of hydrogen-bond donors (Lipinski definition) is 3. The molecule has 122 valence electrons. The van der Waals surface area contributed by atoms with E-state index in [4.69, 9.17) is 22.1 Å². The molecule has 0 saturated heterocycles. The summed E-state index contributed by atoms with van der Waals surface area (Å²) in [6.07, 6.45) is 4.01. The fourth-order valence-corrected chi connectivity index (χ4v) is 2.82. The van der Waals surface area contributed by atoms with Crippen LogP contribution in [0.2, 0.25) is 5.02 Å². The van der Waals surface area contributed by atoms with Crippen LogP contribution >= 0.6 is 11.6 Å². The topological polar surface area (TPSA) is 93.3 Å². The molecule has 0 amide bonds. The highest BCUT2D eigenvalue weighted by Crippen LogP contribution is 2.30. The number of nitrogens with zero attached hydrogens (tertiary/aromatic N) is 2. The first-order chi connectivity index (χ1) is 11.1. The van der Waals surface area contributed by atoms with Crippen molar-refractivity contribution in [3.05, 3.63) is 35.5 Å². The zero-order valence-corrected chi connectivity index (χ0v) is 13.3. The maximum atomic E-state index is 9.60. The number of hydrogen-bond acceptors (Lipinski definition) is 6.